The Morgan fingerprint density at radius 2 is 1.78 bits per heavy atom. The molecule has 1 aliphatic carbocycles. The number of nitrogens with one attached hydrogen (secondary N) is 2. The van der Waals surface area contributed by atoms with Gasteiger partial charge in [-0.25, -0.2) is 0 Å². The molecule has 2 N–H and O–H groups in total. The van der Waals surface area contributed by atoms with Gasteiger partial charge in [0.2, 0.25) is 0 Å². The number of anilines is 1. The Labute approximate surface area is 160 Å². The number of para-hydroxylation sites is 1. The summed E-state index contributed by atoms with van der Waals surface area (Å²) in [6.07, 6.45) is 5.24. The Balaban J connectivity index is 1.70. The standard InChI is InChI=1S/C22H26N2O3/c1-27-14-6-13-23-22(26)19-9-4-5-10-20(19)24-21(25)18-12-11-16-7-2-3-8-17(16)15-18/h4-5,9-12,15H,2-3,6-8,13-14H2,1H3,(H,23,26)(H,24,25). The first-order chi connectivity index (χ1) is 13.2. The Kier molecular flexibility index (Phi) is 6.60. The van der Waals surface area contributed by atoms with Gasteiger partial charge in [-0.1, -0.05) is 18.2 Å². The van der Waals surface area contributed by atoms with Crippen LogP contribution in [0.3, 0.4) is 0 Å². The SMILES string of the molecule is COCCCNC(=O)c1ccccc1NC(=O)c1ccc2c(c1)CCCC2. The summed E-state index contributed by atoms with van der Waals surface area (Å²) >= 11 is 0. The number of amides is 2. The van der Waals surface area contributed by atoms with Gasteiger partial charge in [0, 0.05) is 25.8 Å². The summed E-state index contributed by atoms with van der Waals surface area (Å²) in [4.78, 5) is 25.1. The molecule has 27 heavy (non-hydrogen) atoms. The van der Waals surface area contributed by atoms with Crippen molar-refractivity contribution in [2.75, 3.05) is 25.6 Å². The summed E-state index contributed by atoms with van der Waals surface area (Å²) in [6.45, 7) is 1.12. The lowest BCUT2D eigenvalue weighted by atomic mass is 9.90. The fraction of sp³-hybridized carbons (Fsp3) is 0.364. The minimum Gasteiger partial charge on any atom is -0.385 e. The fourth-order valence-electron chi connectivity index (χ4n) is 3.37. The highest BCUT2D eigenvalue weighted by atomic mass is 16.5. The summed E-state index contributed by atoms with van der Waals surface area (Å²) in [5, 5.41) is 5.75. The molecule has 142 valence electrons. The maximum atomic E-state index is 12.7. The molecular weight excluding hydrogens is 340 g/mol. The van der Waals surface area contributed by atoms with E-state index < -0.39 is 0 Å². The highest BCUT2D eigenvalue weighted by Crippen LogP contribution is 2.23. The first kappa shape index (κ1) is 19.1. The van der Waals surface area contributed by atoms with Crippen LogP contribution in [-0.2, 0) is 17.6 Å². The first-order valence-electron chi connectivity index (χ1n) is 9.48. The molecule has 2 amide bonds. The Morgan fingerprint density at radius 1 is 1.00 bits per heavy atom. The third-order valence-electron chi connectivity index (χ3n) is 4.84. The van der Waals surface area contributed by atoms with Gasteiger partial charge in [-0.3, -0.25) is 9.59 Å². The molecule has 5 nitrogen and oxygen atoms in total. The zero-order valence-electron chi connectivity index (χ0n) is 15.7. The molecule has 5 heteroatoms. The summed E-state index contributed by atoms with van der Waals surface area (Å²) in [7, 11) is 1.63. The number of methoxy groups -OCH3 is 1. The van der Waals surface area contributed by atoms with Gasteiger partial charge in [-0.05, 0) is 67.5 Å². The predicted molar refractivity (Wildman–Crippen MR) is 106 cm³/mol. The van der Waals surface area contributed by atoms with Crippen LogP contribution < -0.4 is 10.6 Å². The summed E-state index contributed by atoms with van der Waals surface area (Å²) < 4.78 is 4.99. The van der Waals surface area contributed by atoms with Crippen LogP contribution in [0.25, 0.3) is 0 Å². The van der Waals surface area contributed by atoms with Gasteiger partial charge in [0.25, 0.3) is 11.8 Å². The van der Waals surface area contributed by atoms with E-state index in [1.54, 1.807) is 25.3 Å². The van der Waals surface area contributed by atoms with Crippen LogP contribution >= 0.6 is 0 Å². The van der Waals surface area contributed by atoms with Gasteiger partial charge in [0.05, 0.1) is 11.3 Å². The molecule has 0 heterocycles. The minimum absolute atomic E-state index is 0.192. The van der Waals surface area contributed by atoms with Crippen molar-refractivity contribution in [1.29, 1.82) is 0 Å². The third kappa shape index (κ3) is 4.95. The molecular formula is C22H26N2O3. The van der Waals surface area contributed by atoms with E-state index in [1.165, 1.54) is 24.0 Å². The lowest BCUT2D eigenvalue weighted by Gasteiger charge is -2.17. The van der Waals surface area contributed by atoms with E-state index in [0.717, 1.165) is 19.3 Å². The van der Waals surface area contributed by atoms with E-state index in [0.29, 0.717) is 30.0 Å². The Morgan fingerprint density at radius 3 is 2.59 bits per heavy atom. The minimum atomic E-state index is -0.201. The van der Waals surface area contributed by atoms with Crippen molar-refractivity contribution in [2.45, 2.75) is 32.1 Å². The highest BCUT2D eigenvalue weighted by molar-refractivity contribution is 6.09. The van der Waals surface area contributed by atoms with Crippen molar-refractivity contribution in [3.63, 3.8) is 0 Å². The highest BCUT2D eigenvalue weighted by Gasteiger charge is 2.16. The second-order valence-electron chi connectivity index (χ2n) is 6.79. The van der Waals surface area contributed by atoms with E-state index in [1.807, 2.05) is 18.2 Å². The van der Waals surface area contributed by atoms with Gasteiger partial charge in [0.15, 0.2) is 0 Å². The van der Waals surface area contributed by atoms with Gasteiger partial charge < -0.3 is 15.4 Å². The quantitative estimate of drug-likeness (QED) is 0.736. The van der Waals surface area contributed by atoms with Crippen LogP contribution in [0.1, 0.15) is 51.1 Å². The molecule has 0 saturated carbocycles. The zero-order valence-corrected chi connectivity index (χ0v) is 15.7. The van der Waals surface area contributed by atoms with E-state index in [2.05, 4.69) is 16.7 Å². The van der Waals surface area contributed by atoms with Crippen molar-refractivity contribution in [3.05, 3.63) is 64.7 Å². The smallest absolute Gasteiger partial charge is 0.255 e. The molecule has 0 saturated heterocycles. The second-order valence-corrected chi connectivity index (χ2v) is 6.79. The molecule has 0 spiro atoms. The van der Waals surface area contributed by atoms with Gasteiger partial charge >= 0.3 is 0 Å². The van der Waals surface area contributed by atoms with Gasteiger partial charge in [0.1, 0.15) is 0 Å². The number of benzene rings is 2. The number of aryl methyl sites for hydroxylation is 2. The van der Waals surface area contributed by atoms with Crippen molar-refractivity contribution in [3.8, 4) is 0 Å². The summed E-state index contributed by atoms with van der Waals surface area (Å²) in [5.41, 5.74) is 4.21. The topological polar surface area (TPSA) is 67.4 Å². The largest absolute Gasteiger partial charge is 0.385 e. The van der Waals surface area contributed by atoms with E-state index >= 15 is 0 Å². The normalized spacial score (nSPS) is 12.9. The number of rotatable bonds is 7. The van der Waals surface area contributed by atoms with Crippen LogP contribution in [0.4, 0.5) is 5.69 Å². The summed E-state index contributed by atoms with van der Waals surface area (Å²) in [5.74, 6) is -0.393. The first-order valence-corrected chi connectivity index (χ1v) is 9.48. The number of hydrogen-bond donors (Lipinski definition) is 2. The number of carbonyl (C=O) groups excluding carboxylic acids is 2. The monoisotopic (exact) mass is 366 g/mol. The Hall–Kier alpha value is -2.66. The maximum absolute atomic E-state index is 12.7. The van der Waals surface area contributed by atoms with Crippen molar-refractivity contribution in [2.24, 2.45) is 0 Å². The van der Waals surface area contributed by atoms with Crippen LogP contribution in [0.5, 0.6) is 0 Å². The molecule has 2 aromatic rings. The molecule has 0 radical (unpaired) electrons. The Bertz CT molecular complexity index is 817. The molecule has 3 rings (SSSR count). The number of ether oxygens (including phenoxy) is 1. The molecule has 0 aliphatic heterocycles. The molecule has 0 bridgehead atoms. The van der Waals surface area contributed by atoms with Crippen molar-refractivity contribution < 1.29 is 14.3 Å². The third-order valence-corrected chi connectivity index (χ3v) is 4.84. The second kappa shape index (κ2) is 9.33. The summed E-state index contributed by atoms with van der Waals surface area (Å²) in [6, 6.07) is 13.0. The lowest BCUT2D eigenvalue weighted by Crippen LogP contribution is -2.26. The molecule has 0 aromatic heterocycles. The molecule has 2 aromatic carbocycles. The van der Waals surface area contributed by atoms with E-state index in [9.17, 15) is 9.59 Å². The van der Waals surface area contributed by atoms with E-state index in [-0.39, 0.29) is 11.8 Å². The average molecular weight is 366 g/mol. The molecule has 0 atom stereocenters. The fourth-order valence-corrected chi connectivity index (χ4v) is 3.37. The molecule has 0 fully saturated rings. The average Bonchev–Trinajstić information content (AvgIpc) is 2.71. The zero-order chi connectivity index (χ0) is 19.1. The van der Waals surface area contributed by atoms with Crippen molar-refractivity contribution >= 4 is 17.5 Å². The lowest BCUT2D eigenvalue weighted by molar-refractivity contribution is 0.0949. The van der Waals surface area contributed by atoms with Gasteiger partial charge in [-0.2, -0.15) is 0 Å². The van der Waals surface area contributed by atoms with Crippen LogP contribution in [0, 0.1) is 0 Å². The number of hydrogen-bond acceptors (Lipinski definition) is 3. The molecule has 1 aliphatic rings. The van der Waals surface area contributed by atoms with Crippen LogP contribution in [0.15, 0.2) is 42.5 Å². The molecule has 0 unspecified atom stereocenters. The number of carbonyl (C=O) groups is 2. The van der Waals surface area contributed by atoms with E-state index in [4.69, 9.17) is 4.74 Å². The van der Waals surface area contributed by atoms with Gasteiger partial charge in [-0.15, -0.1) is 0 Å². The van der Waals surface area contributed by atoms with Crippen LogP contribution in [-0.4, -0.2) is 32.1 Å². The number of fused-ring (bicyclic) bond motifs is 1. The van der Waals surface area contributed by atoms with Crippen LogP contribution in [0.2, 0.25) is 0 Å². The predicted octanol–water partition coefficient (Wildman–Crippen LogP) is 3.58. The van der Waals surface area contributed by atoms with Crippen molar-refractivity contribution in [1.82, 2.24) is 5.32 Å². The maximum Gasteiger partial charge on any atom is 0.255 e.